The van der Waals surface area contributed by atoms with Crippen molar-refractivity contribution in [3.63, 3.8) is 0 Å². The third-order valence-corrected chi connectivity index (χ3v) is 7.58. The summed E-state index contributed by atoms with van der Waals surface area (Å²) in [5.74, 6) is 1.92. The van der Waals surface area contributed by atoms with Crippen LogP contribution in [0.3, 0.4) is 0 Å². The van der Waals surface area contributed by atoms with E-state index in [9.17, 15) is 9.59 Å². The minimum Gasteiger partial charge on any atom is -0.444 e. The van der Waals surface area contributed by atoms with E-state index in [-0.39, 0.29) is 24.0 Å². The highest BCUT2D eigenvalue weighted by Crippen LogP contribution is 2.37. The number of nitrogens with one attached hydrogen (secondary N) is 1. The number of pyridine rings is 1. The van der Waals surface area contributed by atoms with Crippen molar-refractivity contribution in [1.82, 2.24) is 29.6 Å². The first kappa shape index (κ1) is 26.7. The van der Waals surface area contributed by atoms with Gasteiger partial charge in [0.25, 0.3) is 0 Å². The number of anilines is 3. The molecule has 0 aliphatic carbocycles. The number of ketones is 1. The Kier molecular flexibility index (Phi) is 6.59. The van der Waals surface area contributed by atoms with Gasteiger partial charge >= 0.3 is 6.09 Å². The van der Waals surface area contributed by atoms with Crippen LogP contribution in [0.5, 0.6) is 0 Å². The summed E-state index contributed by atoms with van der Waals surface area (Å²) in [6.45, 7) is 10.4. The summed E-state index contributed by atoms with van der Waals surface area (Å²) in [5.41, 5.74) is 3.39. The Balaban J connectivity index is 1.29. The first-order valence-corrected chi connectivity index (χ1v) is 13.9. The summed E-state index contributed by atoms with van der Waals surface area (Å²) < 4.78 is 7.59. The van der Waals surface area contributed by atoms with Gasteiger partial charge in [-0.25, -0.2) is 14.8 Å². The van der Waals surface area contributed by atoms with Crippen molar-refractivity contribution < 1.29 is 14.3 Å². The minimum atomic E-state index is -0.551. The maximum Gasteiger partial charge on any atom is 0.410 e. The van der Waals surface area contributed by atoms with E-state index in [4.69, 9.17) is 9.72 Å². The molecule has 2 fully saturated rings. The maximum absolute atomic E-state index is 12.9. The van der Waals surface area contributed by atoms with E-state index in [0.717, 1.165) is 35.3 Å². The number of benzene rings is 1. The number of likely N-dealkylation sites (tertiary alicyclic amines) is 1. The molecule has 2 saturated heterocycles. The molecule has 4 aromatic rings. The number of aryl methyl sites for hydroxylation is 1. The van der Waals surface area contributed by atoms with Gasteiger partial charge in [-0.15, -0.1) is 5.10 Å². The number of amides is 1. The van der Waals surface area contributed by atoms with Crippen molar-refractivity contribution in [3.05, 3.63) is 60.0 Å². The average Bonchev–Trinajstić information content (AvgIpc) is 3.63. The van der Waals surface area contributed by atoms with Crippen molar-refractivity contribution in [2.75, 3.05) is 23.3 Å². The Morgan fingerprint density at radius 2 is 1.80 bits per heavy atom. The number of hydrogen-bond donors (Lipinski definition) is 1. The molecule has 0 radical (unpaired) electrons. The van der Waals surface area contributed by atoms with E-state index >= 15 is 0 Å². The van der Waals surface area contributed by atoms with E-state index in [0.29, 0.717) is 36.1 Å². The lowest BCUT2D eigenvalue weighted by Crippen LogP contribution is -2.42. The van der Waals surface area contributed by atoms with Gasteiger partial charge in [-0.2, -0.15) is 5.10 Å². The van der Waals surface area contributed by atoms with Crippen molar-refractivity contribution in [1.29, 1.82) is 0 Å². The highest BCUT2D eigenvalue weighted by molar-refractivity contribution is 5.99. The molecule has 5 heterocycles. The normalized spacial score (nSPS) is 18.6. The SMILES string of the molecule is CC(=O)c1ccc(-n2cnc3cc(Nc4ccc(C)nn4)ccc32)nc1N1CCC2C1CCN2C(=O)OC(C)(C)C. The summed E-state index contributed by atoms with van der Waals surface area (Å²) in [6, 6.07) is 13.5. The highest BCUT2D eigenvalue weighted by atomic mass is 16.6. The molecule has 41 heavy (non-hydrogen) atoms. The Morgan fingerprint density at radius 3 is 2.54 bits per heavy atom. The minimum absolute atomic E-state index is 0.0216. The molecule has 0 bridgehead atoms. The number of imidazole rings is 1. The van der Waals surface area contributed by atoms with Crippen LogP contribution < -0.4 is 10.2 Å². The van der Waals surface area contributed by atoms with Gasteiger partial charge in [-0.1, -0.05) is 0 Å². The maximum atomic E-state index is 12.9. The number of ether oxygens (including phenoxy) is 1. The molecule has 2 atom stereocenters. The van der Waals surface area contributed by atoms with Crippen LogP contribution in [0.4, 0.5) is 22.1 Å². The van der Waals surface area contributed by atoms with E-state index in [1.807, 2.05) is 79.6 Å². The van der Waals surface area contributed by atoms with Crippen molar-refractivity contribution in [2.45, 2.75) is 65.1 Å². The molecule has 11 nitrogen and oxygen atoms in total. The van der Waals surface area contributed by atoms with E-state index < -0.39 is 5.60 Å². The molecule has 2 aliphatic heterocycles. The van der Waals surface area contributed by atoms with Gasteiger partial charge in [0.2, 0.25) is 0 Å². The fraction of sp³-hybridized carbons (Fsp3) is 0.400. The zero-order chi connectivity index (χ0) is 28.9. The van der Waals surface area contributed by atoms with Gasteiger partial charge in [0.1, 0.15) is 23.6 Å². The van der Waals surface area contributed by atoms with Crippen LogP contribution in [0, 0.1) is 6.92 Å². The molecule has 3 aromatic heterocycles. The fourth-order valence-corrected chi connectivity index (χ4v) is 5.75. The van der Waals surface area contributed by atoms with Crippen molar-refractivity contribution in [3.8, 4) is 5.82 Å². The Morgan fingerprint density at radius 1 is 1.00 bits per heavy atom. The lowest BCUT2D eigenvalue weighted by molar-refractivity contribution is 0.0228. The van der Waals surface area contributed by atoms with Crippen LogP contribution in [-0.4, -0.2) is 72.3 Å². The topological polar surface area (TPSA) is 118 Å². The first-order chi connectivity index (χ1) is 19.6. The van der Waals surface area contributed by atoms with Crippen molar-refractivity contribution in [2.24, 2.45) is 0 Å². The van der Waals surface area contributed by atoms with Gasteiger partial charge in [0.05, 0.1) is 34.4 Å². The lowest BCUT2D eigenvalue weighted by atomic mass is 10.1. The number of aromatic nitrogens is 5. The van der Waals surface area contributed by atoms with Crippen LogP contribution in [0.2, 0.25) is 0 Å². The molecule has 1 aromatic carbocycles. The van der Waals surface area contributed by atoms with Crippen LogP contribution in [0.15, 0.2) is 48.8 Å². The molecule has 2 unspecified atom stereocenters. The number of nitrogens with zero attached hydrogens (tertiary/aromatic N) is 7. The van der Waals surface area contributed by atoms with E-state index in [1.165, 1.54) is 0 Å². The molecule has 2 aliphatic rings. The first-order valence-electron chi connectivity index (χ1n) is 13.9. The summed E-state index contributed by atoms with van der Waals surface area (Å²) in [5, 5.41) is 11.5. The van der Waals surface area contributed by atoms with Crippen LogP contribution >= 0.6 is 0 Å². The summed E-state index contributed by atoms with van der Waals surface area (Å²) >= 11 is 0. The second kappa shape index (κ2) is 10.1. The average molecular weight is 555 g/mol. The second-order valence-electron chi connectivity index (χ2n) is 11.7. The van der Waals surface area contributed by atoms with E-state index in [1.54, 1.807) is 13.3 Å². The molecular formula is C30H34N8O3. The molecule has 1 amide bonds. The van der Waals surface area contributed by atoms with Crippen LogP contribution in [0.1, 0.15) is 56.6 Å². The molecular weight excluding hydrogens is 520 g/mol. The van der Waals surface area contributed by atoms with Gasteiger partial charge in [-0.3, -0.25) is 9.36 Å². The second-order valence-corrected chi connectivity index (χ2v) is 11.7. The van der Waals surface area contributed by atoms with Gasteiger partial charge in [0, 0.05) is 18.8 Å². The smallest absolute Gasteiger partial charge is 0.410 e. The summed E-state index contributed by atoms with van der Waals surface area (Å²) in [7, 11) is 0. The molecule has 212 valence electrons. The molecule has 11 heteroatoms. The lowest BCUT2D eigenvalue weighted by Gasteiger charge is -2.29. The van der Waals surface area contributed by atoms with Crippen LogP contribution in [-0.2, 0) is 4.74 Å². The van der Waals surface area contributed by atoms with Gasteiger partial charge < -0.3 is 19.9 Å². The van der Waals surface area contributed by atoms with Gasteiger partial charge in [0.15, 0.2) is 11.6 Å². The zero-order valence-corrected chi connectivity index (χ0v) is 24.0. The standard InChI is InChI=1S/C30H34N8O3/c1-18-6-10-26(35-34-18)32-20-7-9-23-22(16-20)31-17-38(23)27-11-8-21(19(2)39)28(33-27)36-14-12-25-24(36)13-15-37(25)29(40)41-30(3,4)5/h6-11,16-17,24-25H,12-15H2,1-5H3,(H,32,35). The molecule has 0 saturated carbocycles. The van der Waals surface area contributed by atoms with Crippen molar-refractivity contribution >= 4 is 40.2 Å². The number of fused-ring (bicyclic) bond motifs is 2. The van der Waals surface area contributed by atoms with Crippen LogP contribution in [0.25, 0.3) is 16.9 Å². The number of Topliss-reactive ketones (excluding diaryl/α,β-unsaturated/α-hetero) is 1. The number of rotatable bonds is 5. The third-order valence-electron chi connectivity index (χ3n) is 7.58. The predicted octanol–water partition coefficient (Wildman–Crippen LogP) is 5.05. The quantitative estimate of drug-likeness (QED) is 0.338. The van der Waals surface area contributed by atoms with Gasteiger partial charge in [-0.05, 0) is 89.9 Å². The number of hydrogen-bond acceptors (Lipinski definition) is 9. The molecule has 1 N–H and O–H groups in total. The molecule has 6 rings (SSSR count). The largest absolute Gasteiger partial charge is 0.444 e. The third kappa shape index (κ3) is 5.19. The number of carbonyl (C=O) groups excluding carboxylic acids is 2. The fourth-order valence-electron chi connectivity index (χ4n) is 5.75. The summed E-state index contributed by atoms with van der Waals surface area (Å²) in [4.78, 5) is 39.2. The predicted molar refractivity (Wildman–Crippen MR) is 156 cm³/mol. The highest BCUT2D eigenvalue weighted by Gasteiger charge is 2.46. The monoisotopic (exact) mass is 554 g/mol. The summed E-state index contributed by atoms with van der Waals surface area (Å²) in [6.07, 6.45) is 3.05. The molecule has 0 spiro atoms. The zero-order valence-electron chi connectivity index (χ0n) is 24.0. The van der Waals surface area contributed by atoms with E-state index in [2.05, 4.69) is 25.4 Å². The Hall–Kier alpha value is -4.54. The Bertz CT molecular complexity index is 1630. The number of carbonyl (C=O) groups is 2. The Labute approximate surface area is 238 Å².